The summed E-state index contributed by atoms with van der Waals surface area (Å²) in [5, 5.41) is 9.70. The molecule has 1 saturated heterocycles. The first-order valence-corrected chi connectivity index (χ1v) is 9.93. The van der Waals surface area contributed by atoms with Crippen LogP contribution in [0.3, 0.4) is 0 Å². The summed E-state index contributed by atoms with van der Waals surface area (Å²) in [7, 11) is 0. The van der Waals surface area contributed by atoms with Crippen LogP contribution in [0.25, 0.3) is 0 Å². The van der Waals surface area contributed by atoms with Gasteiger partial charge in [-0.15, -0.1) is 0 Å². The van der Waals surface area contributed by atoms with Crippen LogP contribution in [0.15, 0.2) is 29.6 Å². The van der Waals surface area contributed by atoms with E-state index in [2.05, 4.69) is 52.7 Å². The Morgan fingerprint density at radius 3 is 2.31 bits per heavy atom. The second-order valence-electron chi connectivity index (χ2n) is 7.34. The predicted octanol–water partition coefficient (Wildman–Crippen LogP) is 3.09. The molecular weight excluding hydrogens is 344 g/mol. The molecule has 1 aliphatic rings. The fourth-order valence-electron chi connectivity index (χ4n) is 2.88. The highest BCUT2D eigenvalue weighted by atomic mass is 32.2. The molecule has 0 spiro atoms. The van der Waals surface area contributed by atoms with Crippen molar-refractivity contribution in [1.82, 2.24) is 15.0 Å². The average molecular weight is 369 g/mol. The summed E-state index contributed by atoms with van der Waals surface area (Å²) in [6.45, 7) is 10.1. The standard InChI is InChI=1S/C19H24N6S/c1-19(2,3)16-11-17(23-18(22-16)26-4)25-9-7-24(8-10-25)15-6-5-14(12-20)21-13-15/h5-6,11,13H,7-10H2,1-4H3. The average Bonchev–Trinajstić information content (AvgIpc) is 2.67. The summed E-state index contributed by atoms with van der Waals surface area (Å²) in [4.78, 5) is 18.2. The van der Waals surface area contributed by atoms with Gasteiger partial charge in [-0.05, 0) is 18.4 Å². The molecule has 136 valence electrons. The maximum Gasteiger partial charge on any atom is 0.189 e. The van der Waals surface area contributed by atoms with Gasteiger partial charge >= 0.3 is 0 Å². The number of pyridine rings is 1. The first-order valence-electron chi connectivity index (χ1n) is 8.70. The molecular formula is C19H24N6S. The van der Waals surface area contributed by atoms with Crippen molar-refractivity contribution >= 4 is 23.3 Å². The molecule has 0 aliphatic carbocycles. The van der Waals surface area contributed by atoms with Gasteiger partial charge in [0.1, 0.15) is 17.6 Å². The summed E-state index contributed by atoms with van der Waals surface area (Å²) in [5.41, 5.74) is 2.59. The van der Waals surface area contributed by atoms with Crippen LogP contribution in [-0.2, 0) is 5.41 Å². The third kappa shape index (κ3) is 4.07. The minimum atomic E-state index is -0.00184. The molecule has 7 heteroatoms. The van der Waals surface area contributed by atoms with Crippen LogP contribution in [0.4, 0.5) is 11.5 Å². The topological polar surface area (TPSA) is 68.9 Å². The van der Waals surface area contributed by atoms with Gasteiger partial charge in [-0.2, -0.15) is 5.26 Å². The molecule has 6 nitrogen and oxygen atoms in total. The number of rotatable bonds is 3. The van der Waals surface area contributed by atoms with E-state index in [0.717, 1.165) is 48.5 Å². The molecule has 0 atom stereocenters. The molecule has 0 bridgehead atoms. The lowest BCUT2D eigenvalue weighted by Gasteiger charge is -2.37. The van der Waals surface area contributed by atoms with Crippen LogP contribution in [0, 0.1) is 11.3 Å². The van der Waals surface area contributed by atoms with Gasteiger partial charge < -0.3 is 9.80 Å². The summed E-state index contributed by atoms with van der Waals surface area (Å²) in [6.07, 6.45) is 3.80. The SMILES string of the molecule is CSc1nc(N2CCN(c3ccc(C#N)nc3)CC2)cc(C(C)(C)C)n1. The van der Waals surface area contributed by atoms with Gasteiger partial charge in [0.2, 0.25) is 0 Å². The molecule has 0 radical (unpaired) electrons. The molecule has 26 heavy (non-hydrogen) atoms. The quantitative estimate of drug-likeness (QED) is 0.609. The number of hydrogen-bond acceptors (Lipinski definition) is 7. The van der Waals surface area contributed by atoms with Crippen LogP contribution in [0.2, 0.25) is 0 Å². The molecule has 2 aromatic rings. The van der Waals surface area contributed by atoms with Crippen molar-refractivity contribution in [3.63, 3.8) is 0 Å². The Morgan fingerprint density at radius 1 is 1.08 bits per heavy atom. The van der Waals surface area contributed by atoms with Gasteiger partial charge in [0.15, 0.2) is 5.16 Å². The van der Waals surface area contributed by atoms with Crippen molar-refractivity contribution in [2.24, 2.45) is 0 Å². The predicted molar refractivity (Wildman–Crippen MR) is 106 cm³/mol. The number of nitrogens with zero attached hydrogens (tertiary/aromatic N) is 6. The van der Waals surface area contributed by atoms with E-state index in [0.29, 0.717) is 5.69 Å². The van der Waals surface area contributed by atoms with Gasteiger partial charge in [-0.25, -0.2) is 15.0 Å². The maximum atomic E-state index is 8.88. The molecule has 0 N–H and O–H groups in total. The van der Waals surface area contributed by atoms with E-state index in [1.165, 1.54) is 0 Å². The highest BCUT2D eigenvalue weighted by molar-refractivity contribution is 7.98. The Morgan fingerprint density at radius 2 is 1.77 bits per heavy atom. The largest absolute Gasteiger partial charge is 0.367 e. The zero-order valence-corrected chi connectivity index (χ0v) is 16.5. The lowest BCUT2D eigenvalue weighted by Crippen LogP contribution is -2.47. The molecule has 3 rings (SSSR count). The van der Waals surface area contributed by atoms with Crippen molar-refractivity contribution in [2.45, 2.75) is 31.3 Å². The van der Waals surface area contributed by atoms with Crippen LogP contribution in [0.1, 0.15) is 32.2 Å². The molecule has 0 unspecified atom stereocenters. The van der Waals surface area contributed by atoms with Crippen molar-refractivity contribution in [1.29, 1.82) is 5.26 Å². The van der Waals surface area contributed by atoms with Crippen molar-refractivity contribution in [2.75, 3.05) is 42.2 Å². The van der Waals surface area contributed by atoms with Crippen molar-refractivity contribution < 1.29 is 0 Å². The molecule has 2 aromatic heterocycles. The highest BCUT2D eigenvalue weighted by Crippen LogP contribution is 2.27. The number of thioether (sulfide) groups is 1. The van der Waals surface area contributed by atoms with Gasteiger partial charge in [0, 0.05) is 37.7 Å². The van der Waals surface area contributed by atoms with E-state index in [4.69, 9.17) is 10.2 Å². The zero-order chi connectivity index (χ0) is 18.7. The smallest absolute Gasteiger partial charge is 0.189 e. The van der Waals surface area contributed by atoms with Crippen LogP contribution < -0.4 is 9.80 Å². The lowest BCUT2D eigenvalue weighted by atomic mass is 9.92. The zero-order valence-electron chi connectivity index (χ0n) is 15.7. The van der Waals surface area contributed by atoms with Gasteiger partial charge in [0.05, 0.1) is 17.6 Å². The van der Waals surface area contributed by atoms with E-state index < -0.39 is 0 Å². The summed E-state index contributed by atoms with van der Waals surface area (Å²) >= 11 is 1.58. The van der Waals surface area contributed by atoms with Crippen LogP contribution in [-0.4, -0.2) is 47.4 Å². The van der Waals surface area contributed by atoms with Gasteiger partial charge in [-0.1, -0.05) is 32.5 Å². The molecule has 0 amide bonds. The Bertz CT molecular complexity index is 798. The Balaban J connectivity index is 1.74. The van der Waals surface area contributed by atoms with Gasteiger partial charge in [-0.3, -0.25) is 0 Å². The second-order valence-corrected chi connectivity index (χ2v) is 8.11. The fraction of sp³-hybridized carbons (Fsp3) is 0.474. The summed E-state index contributed by atoms with van der Waals surface area (Å²) in [5.74, 6) is 1.01. The number of hydrogen-bond donors (Lipinski definition) is 0. The van der Waals surface area contributed by atoms with E-state index in [1.807, 2.05) is 12.3 Å². The highest BCUT2D eigenvalue weighted by Gasteiger charge is 2.23. The van der Waals surface area contributed by atoms with E-state index >= 15 is 0 Å². The number of aromatic nitrogens is 3. The molecule has 1 aliphatic heterocycles. The van der Waals surface area contributed by atoms with E-state index in [1.54, 1.807) is 24.0 Å². The monoisotopic (exact) mass is 368 g/mol. The normalized spacial score (nSPS) is 15.0. The van der Waals surface area contributed by atoms with E-state index in [-0.39, 0.29) is 5.41 Å². The summed E-state index contributed by atoms with van der Waals surface area (Å²) in [6, 6.07) is 7.92. The van der Waals surface area contributed by atoms with Crippen molar-refractivity contribution in [3.8, 4) is 6.07 Å². The maximum absolute atomic E-state index is 8.88. The molecule has 0 aromatic carbocycles. The van der Waals surface area contributed by atoms with Crippen LogP contribution in [0.5, 0.6) is 0 Å². The van der Waals surface area contributed by atoms with Gasteiger partial charge in [0.25, 0.3) is 0 Å². The van der Waals surface area contributed by atoms with Crippen molar-refractivity contribution in [3.05, 3.63) is 35.8 Å². The number of piperazine rings is 1. The summed E-state index contributed by atoms with van der Waals surface area (Å²) < 4.78 is 0. The minimum absolute atomic E-state index is 0.00184. The minimum Gasteiger partial charge on any atom is -0.367 e. The Labute approximate surface area is 159 Å². The first-order chi connectivity index (χ1) is 12.4. The molecule has 1 fully saturated rings. The second kappa shape index (κ2) is 7.50. The molecule has 0 saturated carbocycles. The fourth-order valence-corrected chi connectivity index (χ4v) is 3.26. The Kier molecular flexibility index (Phi) is 5.33. The third-order valence-electron chi connectivity index (χ3n) is 4.47. The first kappa shape index (κ1) is 18.5. The van der Waals surface area contributed by atoms with E-state index in [9.17, 15) is 0 Å². The number of anilines is 2. The Hall–Kier alpha value is -2.33. The number of nitriles is 1. The van der Waals surface area contributed by atoms with Crippen LogP contribution >= 0.6 is 11.8 Å². The molecule has 3 heterocycles. The lowest BCUT2D eigenvalue weighted by molar-refractivity contribution is 0.555. The third-order valence-corrected chi connectivity index (χ3v) is 5.02.